The van der Waals surface area contributed by atoms with Gasteiger partial charge in [-0.2, -0.15) is 4.98 Å². The Hall–Kier alpha value is -2.41. The summed E-state index contributed by atoms with van der Waals surface area (Å²) in [5.74, 6) is 2.74. The van der Waals surface area contributed by atoms with Crippen LogP contribution in [0.25, 0.3) is 0 Å². The molecule has 2 aliphatic rings. The lowest BCUT2D eigenvalue weighted by atomic mass is 9.96. The van der Waals surface area contributed by atoms with Crippen molar-refractivity contribution >= 4 is 5.91 Å². The second-order valence-corrected chi connectivity index (χ2v) is 6.85. The molecule has 2 saturated heterocycles. The molecule has 1 atom stereocenters. The zero-order valence-corrected chi connectivity index (χ0v) is 14.9. The number of ether oxygens (including phenoxy) is 2. The van der Waals surface area contributed by atoms with Crippen LogP contribution in [0.1, 0.15) is 53.2 Å². The fourth-order valence-corrected chi connectivity index (χ4v) is 3.56. The molecule has 0 radical (unpaired) electrons. The van der Waals surface area contributed by atoms with Crippen molar-refractivity contribution in [2.75, 3.05) is 33.4 Å². The van der Waals surface area contributed by atoms with Gasteiger partial charge in [-0.1, -0.05) is 5.16 Å². The van der Waals surface area contributed by atoms with Gasteiger partial charge in [0.15, 0.2) is 5.82 Å². The second-order valence-electron chi connectivity index (χ2n) is 6.85. The van der Waals surface area contributed by atoms with E-state index >= 15 is 0 Å². The number of aromatic nitrogens is 2. The molecule has 0 saturated carbocycles. The number of rotatable bonds is 4. The highest BCUT2D eigenvalue weighted by molar-refractivity contribution is 5.94. The van der Waals surface area contributed by atoms with E-state index in [2.05, 4.69) is 10.1 Å². The van der Waals surface area contributed by atoms with Gasteiger partial charge >= 0.3 is 0 Å². The van der Waals surface area contributed by atoms with Gasteiger partial charge < -0.3 is 18.9 Å². The van der Waals surface area contributed by atoms with Gasteiger partial charge in [-0.15, -0.1) is 0 Å². The summed E-state index contributed by atoms with van der Waals surface area (Å²) in [5.41, 5.74) is 0.686. The van der Waals surface area contributed by atoms with Crippen LogP contribution in [-0.4, -0.2) is 54.4 Å². The summed E-state index contributed by atoms with van der Waals surface area (Å²) in [6, 6.07) is 7.24. The van der Waals surface area contributed by atoms with E-state index in [-0.39, 0.29) is 17.7 Å². The summed E-state index contributed by atoms with van der Waals surface area (Å²) >= 11 is 0. The molecule has 1 aromatic carbocycles. The number of likely N-dealkylation sites (tertiary alicyclic amines) is 1. The van der Waals surface area contributed by atoms with Gasteiger partial charge in [0, 0.05) is 37.1 Å². The zero-order chi connectivity index (χ0) is 17.9. The molecule has 4 rings (SSSR count). The molecular weight excluding hydrogens is 334 g/mol. The Balaban J connectivity index is 1.35. The standard InChI is InChI=1S/C19H23N3O4/c1-24-16-4-2-14(3-5-16)19(23)22-9-6-13(7-10-22)18-20-17(21-26-18)15-8-11-25-12-15/h2-5,13,15H,6-12H2,1H3/t15-/m1/s1. The highest BCUT2D eigenvalue weighted by Gasteiger charge is 2.30. The summed E-state index contributed by atoms with van der Waals surface area (Å²) in [4.78, 5) is 19.1. The Bertz CT molecular complexity index is 744. The Kier molecular flexibility index (Phi) is 4.88. The summed E-state index contributed by atoms with van der Waals surface area (Å²) < 4.78 is 16.0. The predicted octanol–water partition coefficient (Wildman–Crippen LogP) is 2.60. The first-order valence-corrected chi connectivity index (χ1v) is 9.09. The van der Waals surface area contributed by atoms with Crippen molar-refractivity contribution in [1.82, 2.24) is 15.0 Å². The molecule has 2 aliphatic heterocycles. The molecular formula is C19H23N3O4. The SMILES string of the molecule is COc1ccc(C(=O)N2CCC(c3nc([C@@H]4CCOC4)no3)CC2)cc1. The first-order chi connectivity index (χ1) is 12.7. The molecule has 0 unspecified atom stereocenters. The molecule has 0 spiro atoms. The topological polar surface area (TPSA) is 77.7 Å². The Morgan fingerprint density at radius 1 is 1.15 bits per heavy atom. The van der Waals surface area contributed by atoms with Crippen molar-refractivity contribution in [2.24, 2.45) is 0 Å². The summed E-state index contributed by atoms with van der Waals surface area (Å²) in [6.45, 7) is 2.83. The van der Waals surface area contributed by atoms with Crippen LogP contribution in [-0.2, 0) is 4.74 Å². The molecule has 2 aromatic rings. The van der Waals surface area contributed by atoms with Crippen LogP contribution in [0.4, 0.5) is 0 Å². The van der Waals surface area contributed by atoms with Crippen LogP contribution >= 0.6 is 0 Å². The van der Waals surface area contributed by atoms with Gasteiger partial charge in [0.05, 0.1) is 13.7 Å². The highest BCUT2D eigenvalue weighted by Crippen LogP contribution is 2.30. The molecule has 2 fully saturated rings. The molecule has 0 aliphatic carbocycles. The normalized spacial score (nSPS) is 21.1. The molecule has 0 bridgehead atoms. The largest absolute Gasteiger partial charge is 0.497 e. The fourth-order valence-electron chi connectivity index (χ4n) is 3.56. The summed E-state index contributed by atoms with van der Waals surface area (Å²) in [6.07, 6.45) is 2.63. The average molecular weight is 357 g/mol. The predicted molar refractivity (Wildman–Crippen MR) is 93.3 cm³/mol. The molecule has 138 valence electrons. The van der Waals surface area contributed by atoms with E-state index in [1.807, 2.05) is 17.0 Å². The smallest absolute Gasteiger partial charge is 0.253 e. The van der Waals surface area contributed by atoms with Gasteiger partial charge in [0.25, 0.3) is 5.91 Å². The fraction of sp³-hybridized carbons (Fsp3) is 0.526. The van der Waals surface area contributed by atoms with Crippen LogP contribution in [0.15, 0.2) is 28.8 Å². The van der Waals surface area contributed by atoms with E-state index in [1.54, 1.807) is 19.2 Å². The van der Waals surface area contributed by atoms with Crippen LogP contribution in [0, 0.1) is 0 Å². The minimum absolute atomic E-state index is 0.0559. The third-order valence-corrected chi connectivity index (χ3v) is 5.22. The second kappa shape index (κ2) is 7.45. The first-order valence-electron chi connectivity index (χ1n) is 9.09. The maximum absolute atomic E-state index is 12.6. The van der Waals surface area contributed by atoms with E-state index in [9.17, 15) is 4.79 Å². The van der Waals surface area contributed by atoms with Crippen molar-refractivity contribution in [1.29, 1.82) is 0 Å². The maximum Gasteiger partial charge on any atom is 0.253 e. The van der Waals surface area contributed by atoms with Crippen LogP contribution in [0.2, 0.25) is 0 Å². The van der Waals surface area contributed by atoms with Crippen molar-refractivity contribution in [2.45, 2.75) is 31.1 Å². The van der Waals surface area contributed by atoms with Crippen molar-refractivity contribution in [3.05, 3.63) is 41.5 Å². The number of amides is 1. The summed E-state index contributed by atoms with van der Waals surface area (Å²) in [5, 5.41) is 4.13. The molecule has 1 aromatic heterocycles. The number of carbonyl (C=O) groups is 1. The lowest BCUT2D eigenvalue weighted by Crippen LogP contribution is -2.38. The van der Waals surface area contributed by atoms with E-state index in [4.69, 9.17) is 14.0 Å². The summed E-state index contributed by atoms with van der Waals surface area (Å²) in [7, 11) is 1.62. The number of carbonyl (C=O) groups excluding carboxylic acids is 1. The lowest BCUT2D eigenvalue weighted by Gasteiger charge is -2.30. The third-order valence-electron chi connectivity index (χ3n) is 5.22. The minimum atomic E-state index is 0.0559. The number of piperidine rings is 1. The Morgan fingerprint density at radius 2 is 1.92 bits per heavy atom. The number of nitrogens with zero attached hydrogens (tertiary/aromatic N) is 3. The molecule has 26 heavy (non-hydrogen) atoms. The number of methoxy groups -OCH3 is 1. The average Bonchev–Trinajstić information content (AvgIpc) is 3.39. The van der Waals surface area contributed by atoms with E-state index in [1.165, 1.54) is 0 Å². The number of hydrogen-bond acceptors (Lipinski definition) is 6. The molecule has 7 heteroatoms. The molecule has 0 N–H and O–H groups in total. The third kappa shape index (κ3) is 3.44. The number of benzene rings is 1. The van der Waals surface area contributed by atoms with E-state index < -0.39 is 0 Å². The van der Waals surface area contributed by atoms with Gasteiger partial charge in [-0.05, 0) is 43.5 Å². The lowest BCUT2D eigenvalue weighted by molar-refractivity contribution is 0.0704. The molecule has 3 heterocycles. The zero-order valence-electron chi connectivity index (χ0n) is 14.9. The van der Waals surface area contributed by atoms with Crippen LogP contribution in [0.5, 0.6) is 5.75 Å². The monoisotopic (exact) mass is 357 g/mol. The first kappa shape index (κ1) is 17.0. The van der Waals surface area contributed by atoms with Crippen molar-refractivity contribution in [3.8, 4) is 5.75 Å². The van der Waals surface area contributed by atoms with Gasteiger partial charge in [0.1, 0.15) is 5.75 Å². The highest BCUT2D eigenvalue weighted by atomic mass is 16.5. The minimum Gasteiger partial charge on any atom is -0.497 e. The van der Waals surface area contributed by atoms with E-state index in [0.29, 0.717) is 31.2 Å². The van der Waals surface area contributed by atoms with Crippen LogP contribution in [0.3, 0.4) is 0 Å². The van der Waals surface area contributed by atoms with E-state index in [0.717, 1.165) is 37.4 Å². The number of hydrogen-bond donors (Lipinski definition) is 0. The van der Waals surface area contributed by atoms with Crippen LogP contribution < -0.4 is 4.74 Å². The van der Waals surface area contributed by atoms with Gasteiger partial charge in [0.2, 0.25) is 5.89 Å². The molecule has 1 amide bonds. The van der Waals surface area contributed by atoms with Crippen molar-refractivity contribution < 1.29 is 18.8 Å². The Labute approximate surface area is 152 Å². The maximum atomic E-state index is 12.6. The Morgan fingerprint density at radius 3 is 2.58 bits per heavy atom. The van der Waals surface area contributed by atoms with Gasteiger partial charge in [-0.3, -0.25) is 4.79 Å². The van der Waals surface area contributed by atoms with Crippen molar-refractivity contribution in [3.63, 3.8) is 0 Å². The van der Waals surface area contributed by atoms with Gasteiger partial charge in [-0.25, -0.2) is 0 Å². The quantitative estimate of drug-likeness (QED) is 0.837. The molecule has 7 nitrogen and oxygen atoms in total.